The van der Waals surface area contributed by atoms with Crippen LogP contribution < -0.4 is 0 Å². The molecule has 0 aromatic heterocycles. The lowest BCUT2D eigenvalue weighted by atomic mass is 10.1. The van der Waals surface area contributed by atoms with Crippen LogP contribution in [-0.4, -0.2) is 18.2 Å². The van der Waals surface area contributed by atoms with E-state index in [1.807, 2.05) is 0 Å². The van der Waals surface area contributed by atoms with Crippen LogP contribution in [0.25, 0.3) is 5.57 Å². The largest absolute Gasteiger partial charge is 0.503 e. The Kier molecular flexibility index (Phi) is 5.76. The molecule has 0 amide bonds. The summed E-state index contributed by atoms with van der Waals surface area (Å²) in [6.07, 6.45) is 1.14. The summed E-state index contributed by atoms with van der Waals surface area (Å²) in [5.74, 6) is -1.96. The van der Waals surface area contributed by atoms with Crippen LogP contribution in [0.1, 0.15) is 11.1 Å². The number of ether oxygens (including phenoxy) is 1. The molecular weight excluding hydrogens is 322 g/mol. The first kappa shape index (κ1) is 17.0. The van der Waals surface area contributed by atoms with Gasteiger partial charge in [-0.25, -0.2) is 13.6 Å². The summed E-state index contributed by atoms with van der Waals surface area (Å²) >= 11 is 1.23. The van der Waals surface area contributed by atoms with Crippen molar-refractivity contribution in [3.05, 3.63) is 71.5 Å². The number of carbonyl (C=O) groups is 1. The van der Waals surface area contributed by atoms with Gasteiger partial charge in [-0.15, -0.1) is 11.8 Å². The van der Waals surface area contributed by atoms with E-state index in [2.05, 4.69) is 0 Å². The Labute approximate surface area is 136 Å². The van der Waals surface area contributed by atoms with Gasteiger partial charge in [-0.1, -0.05) is 18.2 Å². The maximum absolute atomic E-state index is 13.7. The van der Waals surface area contributed by atoms with Crippen LogP contribution in [0.3, 0.4) is 0 Å². The summed E-state index contributed by atoms with van der Waals surface area (Å²) in [6, 6.07) is 10.1. The minimum absolute atomic E-state index is 0.00434. The molecule has 0 radical (unpaired) electrons. The molecule has 120 valence electrons. The van der Waals surface area contributed by atoms with Gasteiger partial charge in [0.1, 0.15) is 17.2 Å². The van der Waals surface area contributed by atoms with Crippen LogP contribution in [-0.2, 0) is 15.3 Å². The summed E-state index contributed by atoms with van der Waals surface area (Å²) in [5, 5.41) is 9.28. The normalized spacial score (nSPS) is 11.3. The third-order valence-corrected chi connectivity index (χ3v) is 4.16. The minimum atomic E-state index is -1.13. The number of halogens is 2. The molecule has 2 aromatic rings. The van der Waals surface area contributed by atoms with E-state index in [0.29, 0.717) is 10.5 Å². The number of carboxylic acids is 1. The number of thioether (sulfide) groups is 1. The monoisotopic (exact) mass is 336 g/mol. The molecule has 23 heavy (non-hydrogen) atoms. The Morgan fingerprint density at radius 1 is 1.26 bits per heavy atom. The van der Waals surface area contributed by atoms with E-state index in [9.17, 15) is 18.7 Å². The van der Waals surface area contributed by atoms with Crippen LogP contribution in [0.2, 0.25) is 0 Å². The first-order chi connectivity index (χ1) is 11.0. The van der Waals surface area contributed by atoms with Crippen LogP contribution in [0.4, 0.5) is 8.78 Å². The number of hydrogen-bond donors (Lipinski definition) is 1. The quantitative estimate of drug-likeness (QED) is 0.484. The van der Waals surface area contributed by atoms with Crippen LogP contribution in [0, 0.1) is 11.6 Å². The van der Waals surface area contributed by atoms with Gasteiger partial charge in [0, 0.05) is 21.8 Å². The van der Waals surface area contributed by atoms with Gasteiger partial charge in [0.15, 0.2) is 0 Å². The second-order valence-corrected chi connectivity index (χ2v) is 5.61. The minimum Gasteiger partial charge on any atom is -0.503 e. The number of aliphatic carboxylic acids is 1. The summed E-state index contributed by atoms with van der Waals surface area (Å²) in [5.41, 5.74) is 0.677. The summed E-state index contributed by atoms with van der Waals surface area (Å²) in [7, 11) is 1.36. The predicted molar refractivity (Wildman–Crippen MR) is 85.0 cm³/mol. The van der Waals surface area contributed by atoms with Crippen molar-refractivity contribution in [1.82, 2.24) is 0 Å². The highest BCUT2D eigenvalue weighted by Crippen LogP contribution is 2.31. The van der Waals surface area contributed by atoms with Gasteiger partial charge in [-0.3, -0.25) is 0 Å². The molecule has 0 aliphatic carbocycles. The summed E-state index contributed by atoms with van der Waals surface area (Å²) in [6.45, 7) is 0. The van der Waals surface area contributed by atoms with Crippen molar-refractivity contribution in [1.29, 1.82) is 0 Å². The van der Waals surface area contributed by atoms with Gasteiger partial charge in [0.2, 0.25) is 0 Å². The van der Waals surface area contributed by atoms with Crippen molar-refractivity contribution < 1.29 is 23.4 Å². The van der Waals surface area contributed by atoms with E-state index < -0.39 is 17.6 Å². The molecule has 0 fully saturated rings. The molecule has 2 rings (SSSR count). The molecule has 0 atom stereocenters. The fourth-order valence-electron chi connectivity index (χ4n) is 1.97. The van der Waals surface area contributed by atoms with Gasteiger partial charge in [0.25, 0.3) is 0 Å². The van der Waals surface area contributed by atoms with Gasteiger partial charge in [-0.05, 0) is 24.3 Å². The van der Waals surface area contributed by atoms with Crippen molar-refractivity contribution in [3.63, 3.8) is 0 Å². The molecule has 6 heteroatoms. The van der Waals surface area contributed by atoms with Crippen LogP contribution in [0.15, 0.2) is 53.6 Å². The molecule has 3 nitrogen and oxygen atoms in total. The first-order valence-corrected chi connectivity index (χ1v) is 7.64. The fraction of sp³-hybridized carbons (Fsp3) is 0.118. The van der Waals surface area contributed by atoms with E-state index in [1.165, 1.54) is 18.9 Å². The number of carboxylic acid groups (broad SMARTS) is 1. The third-order valence-electron chi connectivity index (χ3n) is 3.03. The second kappa shape index (κ2) is 7.78. The molecule has 1 N–H and O–H groups in total. The highest BCUT2D eigenvalue weighted by molar-refractivity contribution is 7.98. The average molecular weight is 336 g/mol. The standard InChI is InChI=1S/C17H14F2O3S/c1-22-9-14(17(20)21)13-4-2-3-5-16(13)23-10-11-8-12(18)6-7-15(11)19/h2-9H,10H2,1H3,(H,20,21). The van der Waals surface area contributed by atoms with Gasteiger partial charge in [0.05, 0.1) is 13.4 Å². The van der Waals surface area contributed by atoms with Crippen LogP contribution in [0.5, 0.6) is 0 Å². The van der Waals surface area contributed by atoms with Crippen molar-refractivity contribution >= 4 is 23.3 Å². The third kappa shape index (κ3) is 4.32. The molecule has 0 saturated heterocycles. The average Bonchev–Trinajstić information content (AvgIpc) is 2.53. The van der Waals surface area contributed by atoms with E-state index >= 15 is 0 Å². The molecule has 0 bridgehead atoms. The second-order valence-electron chi connectivity index (χ2n) is 4.59. The number of hydrogen-bond acceptors (Lipinski definition) is 3. The zero-order chi connectivity index (χ0) is 16.8. The molecular formula is C17H14F2O3S. The maximum atomic E-state index is 13.7. The fourth-order valence-corrected chi connectivity index (χ4v) is 3.01. The van der Waals surface area contributed by atoms with Gasteiger partial charge in [-0.2, -0.15) is 0 Å². The summed E-state index contributed by atoms with van der Waals surface area (Å²) in [4.78, 5) is 12.0. The van der Waals surface area contributed by atoms with Crippen LogP contribution >= 0.6 is 11.8 Å². The maximum Gasteiger partial charge on any atom is 0.339 e. The van der Waals surface area contributed by atoms with Gasteiger partial charge < -0.3 is 9.84 Å². The van der Waals surface area contributed by atoms with Gasteiger partial charge >= 0.3 is 5.97 Å². The van der Waals surface area contributed by atoms with Crippen molar-refractivity contribution in [2.24, 2.45) is 0 Å². The zero-order valence-corrected chi connectivity index (χ0v) is 13.1. The SMILES string of the molecule is COC=C(C(=O)O)c1ccccc1SCc1cc(F)ccc1F. The first-order valence-electron chi connectivity index (χ1n) is 6.65. The van der Waals surface area contributed by atoms with E-state index in [0.717, 1.165) is 24.5 Å². The number of methoxy groups -OCH3 is 1. The van der Waals surface area contributed by atoms with Crippen molar-refractivity contribution in [3.8, 4) is 0 Å². The Hall–Kier alpha value is -2.34. The number of rotatable bonds is 6. The highest BCUT2D eigenvalue weighted by Gasteiger charge is 2.15. The Morgan fingerprint density at radius 3 is 2.70 bits per heavy atom. The van der Waals surface area contributed by atoms with Crippen molar-refractivity contribution in [2.45, 2.75) is 10.6 Å². The highest BCUT2D eigenvalue weighted by atomic mass is 32.2. The molecule has 0 aliphatic rings. The Balaban J connectivity index is 2.29. The lowest BCUT2D eigenvalue weighted by molar-refractivity contribution is -0.130. The Bertz CT molecular complexity index is 744. The lowest BCUT2D eigenvalue weighted by Crippen LogP contribution is -2.02. The summed E-state index contributed by atoms with van der Waals surface area (Å²) < 4.78 is 31.7. The molecule has 0 spiro atoms. The Morgan fingerprint density at radius 2 is 2.00 bits per heavy atom. The lowest BCUT2D eigenvalue weighted by Gasteiger charge is -2.10. The van der Waals surface area contributed by atoms with E-state index in [4.69, 9.17) is 4.74 Å². The molecule has 0 unspecified atom stereocenters. The molecule has 0 saturated carbocycles. The number of benzene rings is 2. The molecule has 0 heterocycles. The topological polar surface area (TPSA) is 46.5 Å². The molecule has 2 aromatic carbocycles. The van der Waals surface area contributed by atoms with Crippen molar-refractivity contribution in [2.75, 3.05) is 7.11 Å². The smallest absolute Gasteiger partial charge is 0.339 e. The van der Waals surface area contributed by atoms with E-state index in [1.54, 1.807) is 24.3 Å². The predicted octanol–water partition coefficient (Wildman–Crippen LogP) is 4.33. The zero-order valence-electron chi connectivity index (χ0n) is 12.3. The van der Waals surface area contributed by atoms with E-state index in [-0.39, 0.29) is 16.9 Å². The molecule has 0 aliphatic heterocycles.